The lowest BCUT2D eigenvalue weighted by Crippen LogP contribution is -2.53. The molecule has 0 unspecified atom stereocenters. The number of hydrogen-bond acceptors (Lipinski definition) is 4. The monoisotopic (exact) mass is 667 g/mol. The minimum Gasteiger partial charge on any atom is -0.354 e. The number of para-hydroxylation sites is 1. The Balaban J connectivity index is 2.08. The van der Waals surface area contributed by atoms with Crippen molar-refractivity contribution >= 4 is 66.7 Å². The van der Waals surface area contributed by atoms with Gasteiger partial charge in [-0.15, -0.1) is 0 Å². The number of halogens is 3. The van der Waals surface area contributed by atoms with E-state index in [9.17, 15) is 18.0 Å². The van der Waals surface area contributed by atoms with Crippen LogP contribution in [0.4, 0.5) is 5.69 Å². The Bertz CT molecular complexity index is 1440. The van der Waals surface area contributed by atoms with Crippen molar-refractivity contribution < 1.29 is 18.0 Å². The Kier molecular flexibility index (Phi) is 11.5. The summed E-state index contributed by atoms with van der Waals surface area (Å²) >= 11 is 16.0. The van der Waals surface area contributed by atoms with E-state index in [1.165, 1.54) is 4.90 Å². The fourth-order valence-corrected chi connectivity index (χ4v) is 6.00. The van der Waals surface area contributed by atoms with Crippen molar-refractivity contribution in [1.29, 1.82) is 0 Å². The average Bonchev–Trinajstić information content (AvgIpc) is 2.89. The Morgan fingerprint density at radius 2 is 1.62 bits per heavy atom. The highest BCUT2D eigenvalue weighted by Gasteiger charge is 2.33. The first kappa shape index (κ1) is 31.9. The second-order valence-electron chi connectivity index (χ2n) is 9.82. The first-order valence-electron chi connectivity index (χ1n) is 12.6. The summed E-state index contributed by atoms with van der Waals surface area (Å²) in [5, 5.41) is 3.71. The number of sulfonamides is 1. The third-order valence-electron chi connectivity index (χ3n) is 6.11. The van der Waals surface area contributed by atoms with Crippen LogP contribution in [0.1, 0.15) is 25.0 Å². The van der Waals surface area contributed by atoms with E-state index < -0.39 is 28.5 Å². The van der Waals surface area contributed by atoms with Crippen LogP contribution < -0.4 is 9.62 Å². The minimum atomic E-state index is -3.87. The second-order valence-corrected chi connectivity index (χ2v) is 13.4. The summed E-state index contributed by atoms with van der Waals surface area (Å²) in [5.41, 5.74) is 1.73. The van der Waals surface area contributed by atoms with Crippen LogP contribution in [0.5, 0.6) is 0 Å². The van der Waals surface area contributed by atoms with Gasteiger partial charge in [-0.05, 0) is 57.2 Å². The van der Waals surface area contributed by atoms with Crippen LogP contribution in [0.15, 0.2) is 77.3 Å². The highest BCUT2D eigenvalue weighted by molar-refractivity contribution is 9.10. The van der Waals surface area contributed by atoms with Gasteiger partial charge in [-0.2, -0.15) is 0 Å². The van der Waals surface area contributed by atoms with E-state index in [-0.39, 0.29) is 24.8 Å². The first-order valence-corrected chi connectivity index (χ1v) is 16.0. The molecule has 1 atom stereocenters. The number of rotatable bonds is 12. The predicted molar refractivity (Wildman–Crippen MR) is 165 cm³/mol. The standard InChI is InChI=1S/C29H32BrCl2N3O4S/c1-20(2)17-33-29(37)27(15-21-9-5-4-6-10-21)34(18-22-13-14-23(31)16-25(22)32)28(36)19-35(40(3,38)39)26-12-8-7-11-24(26)30/h4-14,16,20,27H,15,17-19H2,1-3H3,(H,33,37)/t27-/m1/s1. The smallest absolute Gasteiger partial charge is 0.244 e. The maximum atomic E-state index is 14.1. The van der Waals surface area contributed by atoms with Gasteiger partial charge >= 0.3 is 0 Å². The molecule has 3 rings (SSSR count). The molecule has 2 amide bonds. The van der Waals surface area contributed by atoms with Crippen molar-refractivity contribution in [2.75, 3.05) is 23.7 Å². The predicted octanol–water partition coefficient (Wildman–Crippen LogP) is 5.93. The maximum Gasteiger partial charge on any atom is 0.244 e. The highest BCUT2D eigenvalue weighted by Crippen LogP contribution is 2.29. The van der Waals surface area contributed by atoms with E-state index in [0.29, 0.717) is 32.3 Å². The molecule has 0 heterocycles. The summed E-state index contributed by atoms with van der Waals surface area (Å²) in [6, 6.07) is 20.1. The van der Waals surface area contributed by atoms with Crippen LogP contribution in [-0.4, -0.2) is 50.5 Å². The number of hydrogen-bond donors (Lipinski definition) is 1. The zero-order valence-electron chi connectivity index (χ0n) is 22.5. The number of anilines is 1. The van der Waals surface area contributed by atoms with Crippen LogP contribution in [-0.2, 0) is 32.6 Å². The second kappa shape index (κ2) is 14.3. The average molecular weight is 669 g/mol. The fourth-order valence-electron chi connectivity index (χ4n) is 4.06. The van der Waals surface area contributed by atoms with Gasteiger partial charge in [-0.1, -0.05) is 85.6 Å². The van der Waals surface area contributed by atoms with Crippen LogP contribution in [0.25, 0.3) is 0 Å². The molecule has 0 aliphatic heterocycles. The van der Waals surface area contributed by atoms with Gasteiger partial charge in [0.25, 0.3) is 0 Å². The number of carbonyl (C=O) groups is 2. The molecule has 214 valence electrons. The lowest BCUT2D eigenvalue weighted by molar-refractivity contribution is -0.140. The normalized spacial score (nSPS) is 12.2. The molecule has 3 aromatic carbocycles. The fraction of sp³-hybridized carbons (Fsp3) is 0.310. The van der Waals surface area contributed by atoms with Crippen molar-refractivity contribution in [3.63, 3.8) is 0 Å². The topological polar surface area (TPSA) is 86.8 Å². The van der Waals surface area contributed by atoms with Gasteiger partial charge in [0.1, 0.15) is 12.6 Å². The molecule has 0 radical (unpaired) electrons. The van der Waals surface area contributed by atoms with Crippen LogP contribution >= 0.6 is 39.1 Å². The highest BCUT2D eigenvalue weighted by atomic mass is 79.9. The maximum absolute atomic E-state index is 14.1. The molecule has 1 N–H and O–H groups in total. The molecule has 11 heteroatoms. The minimum absolute atomic E-state index is 0.0327. The molecular weight excluding hydrogens is 637 g/mol. The Hall–Kier alpha value is -2.59. The number of carbonyl (C=O) groups excluding carboxylic acids is 2. The zero-order chi connectivity index (χ0) is 29.4. The Morgan fingerprint density at radius 3 is 2.23 bits per heavy atom. The molecule has 0 aromatic heterocycles. The van der Waals surface area contributed by atoms with Crippen molar-refractivity contribution in [1.82, 2.24) is 10.2 Å². The first-order chi connectivity index (χ1) is 18.9. The van der Waals surface area contributed by atoms with E-state index in [2.05, 4.69) is 21.2 Å². The number of nitrogens with zero attached hydrogens (tertiary/aromatic N) is 2. The molecule has 0 bridgehead atoms. The number of nitrogens with one attached hydrogen (secondary N) is 1. The summed E-state index contributed by atoms with van der Waals surface area (Å²) in [7, 11) is -3.87. The summed E-state index contributed by atoms with van der Waals surface area (Å²) < 4.78 is 27.3. The van der Waals surface area contributed by atoms with Crippen molar-refractivity contribution in [3.05, 3.63) is 98.4 Å². The largest absolute Gasteiger partial charge is 0.354 e. The quantitative estimate of drug-likeness (QED) is 0.259. The summed E-state index contributed by atoms with van der Waals surface area (Å²) in [6.07, 6.45) is 1.26. The lowest BCUT2D eigenvalue weighted by Gasteiger charge is -2.34. The molecule has 40 heavy (non-hydrogen) atoms. The van der Waals surface area contributed by atoms with Crippen molar-refractivity contribution in [2.45, 2.75) is 32.9 Å². The Labute approximate surface area is 254 Å². The SMILES string of the molecule is CC(C)CNC(=O)[C@@H](Cc1ccccc1)N(Cc1ccc(Cl)cc1Cl)C(=O)CN(c1ccccc1Br)S(C)(=O)=O. The van der Waals surface area contributed by atoms with Crippen LogP contribution in [0.3, 0.4) is 0 Å². The third kappa shape index (κ3) is 8.96. The zero-order valence-corrected chi connectivity index (χ0v) is 26.4. The lowest BCUT2D eigenvalue weighted by atomic mass is 10.0. The summed E-state index contributed by atoms with van der Waals surface area (Å²) in [4.78, 5) is 29.1. The van der Waals surface area contributed by atoms with Crippen LogP contribution in [0.2, 0.25) is 10.0 Å². The van der Waals surface area contributed by atoms with E-state index in [1.807, 2.05) is 44.2 Å². The molecule has 0 aliphatic carbocycles. The van der Waals surface area contributed by atoms with Gasteiger partial charge in [0, 0.05) is 34.0 Å². The van der Waals surface area contributed by atoms with Gasteiger partial charge in [-0.25, -0.2) is 8.42 Å². The number of amides is 2. The van der Waals surface area contributed by atoms with Crippen molar-refractivity contribution in [2.24, 2.45) is 5.92 Å². The van der Waals surface area contributed by atoms with Gasteiger partial charge in [0.15, 0.2) is 0 Å². The summed E-state index contributed by atoms with van der Waals surface area (Å²) in [5.74, 6) is -0.719. The molecule has 7 nitrogen and oxygen atoms in total. The Morgan fingerprint density at radius 1 is 0.975 bits per heavy atom. The van der Waals surface area contributed by atoms with E-state index in [1.54, 1.807) is 42.5 Å². The summed E-state index contributed by atoms with van der Waals surface area (Å²) in [6.45, 7) is 3.82. The third-order valence-corrected chi connectivity index (χ3v) is 8.50. The van der Waals surface area contributed by atoms with E-state index in [0.717, 1.165) is 16.1 Å². The van der Waals surface area contributed by atoms with Gasteiger partial charge in [0.05, 0.1) is 11.9 Å². The van der Waals surface area contributed by atoms with Gasteiger partial charge in [-0.3, -0.25) is 13.9 Å². The van der Waals surface area contributed by atoms with Gasteiger partial charge < -0.3 is 10.2 Å². The number of benzene rings is 3. The van der Waals surface area contributed by atoms with Crippen molar-refractivity contribution in [3.8, 4) is 0 Å². The molecule has 0 aliphatic rings. The molecule has 0 saturated carbocycles. The van der Waals surface area contributed by atoms with E-state index >= 15 is 0 Å². The van der Waals surface area contributed by atoms with Gasteiger partial charge in [0.2, 0.25) is 21.8 Å². The molecular formula is C29H32BrCl2N3O4S. The molecule has 0 fully saturated rings. The molecule has 3 aromatic rings. The molecule has 0 saturated heterocycles. The van der Waals surface area contributed by atoms with Crippen LogP contribution in [0, 0.1) is 5.92 Å². The van der Waals surface area contributed by atoms with E-state index in [4.69, 9.17) is 23.2 Å². The molecule has 0 spiro atoms.